The molecular formula is C20H25NO. The third kappa shape index (κ3) is 2.75. The summed E-state index contributed by atoms with van der Waals surface area (Å²) in [4.78, 5) is 11.8. The molecule has 0 aliphatic carbocycles. The molecule has 22 heavy (non-hydrogen) atoms. The van der Waals surface area contributed by atoms with E-state index < -0.39 is 0 Å². The van der Waals surface area contributed by atoms with Gasteiger partial charge in [0.15, 0.2) is 6.29 Å². The van der Waals surface area contributed by atoms with E-state index in [0.29, 0.717) is 0 Å². The molecule has 1 aromatic heterocycles. The molecule has 1 aliphatic rings. The molecule has 0 amide bonds. The predicted octanol–water partition coefficient (Wildman–Crippen LogP) is 5.04. The second-order valence-electron chi connectivity index (χ2n) is 6.23. The molecule has 2 aromatic rings. The van der Waals surface area contributed by atoms with Crippen LogP contribution in [0.3, 0.4) is 0 Å². The van der Waals surface area contributed by atoms with Gasteiger partial charge in [0.25, 0.3) is 0 Å². The SMILES string of the molecule is CCCCCCc1c(C=O)c(-c2ccccc2)c2n1CCC2. The summed E-state index contributed by atoms with van der Waals surface area (Å²) in [6, 6.07) is 10.4. The van der Waals surface area contributed by atoms with Crippen molar-refractivity contribution in [3.05, 3.63) is 47.3 Å². The lowest BCUT2D eigenvalue weighted by atomic mass is 9.98. The third-order valence-corrected chi connectivity index (χ3v) is 4.76. The molecule has 0 spiro atoms. The molecule has 1 aromatic carbocycles. The molecule has 0 atom stereocenters. The van der Waals surface area contributed by atoms with Gasteiger partial charge in [0.1, 0.15) is 0 Å². The number of nitrogens with zero attached hydrogens (tertiary/aromatic N) is 1. The van der Waals surface area contributed by atoms with Crippen molar-refractivity contribution in [3.63, 3.8) is 0 Å². The second-order valence-corrected chi connectivity index (χ2v) is 6.23. The van der Waals surface area contributed by atoms with Crippen LogP contribution >= 0.6 is 0 Å². The molecule has 2 heterocycles. The Balaban J connectivity index is 1.98. The van der Waals surface area contributed by atoms with Crippen LogP contribution in [0.25, 0.3) is 11.1 Å². The highest BCUT2D eigenvalue weighted by Gasteiger charge is 2.25. The topological polar surface area (TPSA) is 22.0 Å². The van der Waals surface area contributed by atoms with Gasteiger partial charge in [-0.3, -0.25) is 4.79 Å². The maximum absolute atomic E-state index is 11.8. The third-order valence-electron chi connectivity index (χ3n) is 4.76. The van der Waals surface area contributed by atoms with Crippen LogP contribution in [0.4, 0.5) is 0 Å². The molecule has 116 valence electrons. The van der Waals surface area contributed by atoms with E-state index in [9.17, 15) is 4.79 Å². The minimum absolute atomic E-state index is 0.942. The van der Waals surface area contributed by atoms with Crippen LogP contribution in [0.15, 0.2) is 30.3 Å². The zero-order valence-corrected chi connectivity index (χ0v) is 13.5. The Labute approximate surface area is 133 Å². The summed E-state index contributed by atoms with van der Waals surface area (Å²) in [5, 5.41) is 0. The number of carbonyl (C=O) groups excluding carboxylic acids is 1. The zero-order valence-electron chi connectivity index (χ0n) is 13.5. The van der Waals surface area contributed by atoms with Crippen molar-refractivity contribution < 1.29 is 4.79 Å². The molecule has 0 fully saturated rings. The summed E-state index contributed by atoms with van der Waals surface area (Å²) in [5.74, 6) is 0. The highest BCUT2D eigenvalue weighted by molar-refractivity contribution is 5.91. The van der Waals surface area contributed by atoms with Gasteiger partial charge in [-0.2, -0.15) is 0 Å². The van der Waals surface area contributed by atoms with Crippen molar-refractivity contribution in [1.82, 2.24) is 4.57 Å². The molecular weight excluding hydrogens is 270 g/mol. The summed E-state index contributed by atoms with van der Waals surface area (Å²) in [5.41, 5.74) is 5.97. The normalized spacial score (nSPS) is 13.3. The largest absolute Gasteiger partial charge is 0.347 e. The molecule has 0 bridgehead atoms. The van der Waals surface area contributed by atoms with Crippen LogP contribution in [0.5, 0.6) is 0 Å². The lowest BCUT2D eigenvalue weighted by Gasteiger charge is -2.07. The minimum atomic E-state index is 0.942. The van der Waals surface area contributed by atoms with Gasteiger partial charge < -0.3 is 4.57 Å². The number of fused-ring (bicyclic) bond motifs is 1. The summed E-state index contributed by atoms with van der Waals surface area (Å²) < 4.78 is 2.43. The number of benzene rings is 1. The van der Waals surface area contributed by atoms with Crippen molar-refractivity contribution in [2.75, 3.05) is 0 Å². The fourth-order valence-corrected chi connectivity index (χ4v) is 3.72. The summed E-state index contributed by atoms with van der Waals surface area (Å²) in [6.45, 7) is 3.31. The van der Waals surface area contributed by atoms with E-state index in [0.717, 1.165) is 31.2 Å². The van der Waals surface area contributed by atoms with Gasteiger partial charge in [0.2, 0.25) is 0 Å². The van der Waals surface area contributed by atoms with E-state index in [4.69, 9.17) is 0 Å². The first-order valence-corrected chi connectivity index (χ1v) is 8.61. The van der Waals surface area contributed by atoms with Crippen LogP contribution < -0.4 is 0 Å². The monoisotopic (exact) mass is 295 g/mol. The molecule has 0 saturated heterocycles. The quantitative estimate of drug-likeness (QED) is 0.518. The number of unbranched alkanes of at least 4 members (excludes halogenated alkanes) is 3. The zero-order chi connectivity index (χ0) is 15.4. The molecule has 2 nitrogen and oxygen atoms in total. The van der Waals surface area contributed by atoms with E-state index in [1.165, 1.54) is 54.6 Å². The number of rotatable bonds is 7. The van der Waals surface area contributed by atoms with Crippen molar-refractivity contribution in [2.24, 2.45) is 0 Å². The van der Waals surface area contributed by atoms with Crippen LogP contribution in [-0.2, 0) is 19.4 Å². The molecule has 0 saturated carbocycles. The Morgan fingerprint density at radius 2 is 1.95 bits per heavy atom. The van der Waals surface area contributed by atoms with Gasteiger partial charge in [-0.15, -0.1) is 0 Å². The molecule has 3 rings (SSSR count). The van der Waals surface area contributed by atoms with Crippen LogP contribution in [0.2, 0.25) is 0 Å². The fourth-order valence-electron chi connectivity index (χ4n) is 3.72. The number of carbonyl (C=O) groups is 1. The Hall–Kier alpha value is -1.83. The maximum atomic E-state index is 11.8. The smallest absolute Gasteiger partial charge is 0.152 e. The van der Waals surface area contributed by atoms with Gasteiger partial charge in [0.05, 0.1) is 0 Å². The highest BCUT2D eigenvalue weighted by atomic mass is 16.1. The van der Waals surface area contributed by atoms with Crippen LogP contribution in [0, 0.1) is 0 Å². The number of aromatic nitrogens is 1. The Bertz CT molecular complexity index is 639. The van der Waals surface area contributed by atoms with Gasteiger partial charge in [0, 0.05) is 29.1 Å². The second kappa shape index (κ2) is 6.95. The van der Waals surface area contributed by atoms with E-state index in [1.807, 2.05) is 6.07 Å². The first kappa shape index (κ1) is 15.1. The number of aldehydes is 1. The van der Waals surface area contributed by atoms with Gasteiger partial charge in [-0.25, -0.2) is 0 Å². The minimum Gasteiger partial charge on any atom is -0.347 e. The summed E-state index contributed by atoms with van der Waals surface area (Å²) >= 11 is 0. The molecule has 0 N–H and O–H groups in total. The average Bonchev–Trinajstić information content (AvgIpc) is 3.12. The van der Waals surface area contributed by atoms with E-state index >= 15 is 0 Å². The molecule has 2 heteroatoms. The van der Waals surface area contributed by atoms with Crippen molar-refractivity contribution in [2.45, 2.75) is 58.4 Å². The first-order valence-electron chi connectivity index (χ1n) is 8.61. The Morgan fingerprint density at radius 1 is 1.14 bits per heavy atom. The predicted molar refractivity (Wildman–Crippen MR) is 91.4 cm³/mol. The lowest BCUT2D eigenvalue weighted by molar-refractivity contribution is 0.112. The summed E-state index contributed by atoms with van der Waals surface area (Å²) in [6.07, 6.45) is 9.41. The Morgan fingerprint density at radius 3 is 2.68 bits per heavy atom. The average molecular weight is 295 g/mol. The lowest BCUT2D eigenvalue weighted by Crippen LogP contribution is -2.02. The highest BCUT2D eigenvalue weighted by Crippen LogP contribution is 2.36. The Kier molecular flexibility index (Phi) is 4.77. The molecule has 0 radical (unpaired) electrons. The van der Waals surface area contributed by atoms with E-state index in [-0.39, 0.29) is 0 Å². The van der Waals surface area contributed by atoms with Gasteiger partial charge in [-0.05, 0) is 31.2 Å². The van der Waals surface area contributed by atoms with Gasteiger partial charge in [-0.1, -0.05) is 56.5 Å². The number of hydrogen-bond acceptors (Lipinski definition) is 1. The fraction of sp³-hybridized carbons (Fsp3) is 0.450. The van der Waals surface area contributed by atoms with Crippen molar-refractivity contribution in [3.8, 4) is 11.1 Å². The van der Waals surface area contributed by atoms with E-state index in [2.05, 4.69) is 35.8 Å². The standard InChI is InChI=1S/C20H25NO/c1-2-3-4-8-12-18-17(15-22)20(16-10-6-5-7-11-16)19-13-9-14-21(18)19/h5-7,10-11,15H,2-4,8-9,12-14H2,1H3. The first-order chi connectivity index (χ1) is 10.9. The van der Waals surface area contributed by atoms with E-state index in [1.54, 1.807) is 0 Å². The van der Waals surface area contributed by atoms with Gasteiger partial charge >= 0.3 is 0 Å². The molecule has 0 unspecified atom stereocenters. The van der Waals surface area contributed by atoms with Crippen molar-refractivity contribution in [1.29, 1.82) is 0 Å². The summed E-state index contributed by atoms with van der Waals surface area (Å²) in [7, 11) is 0. The van der Waals surface area contributed by atoms with Crippen LogP contribution in [0.1, 0.15) is 60.8 Å². The van der Waals surface area contributed by atoms with Crippen molar-refractivity contribution >= 4 is 6.29 Å². The maximum Gasteiger partial charge on any atom is 0.152 e. The van der Waals surface area contributed by atoms with Crippen LogP contribution in [-0.4, -0.2) is 10.9 Å². The number of hydrogen-bond donors (Lipinski definition) is 0. The molecule has 1 aliphatic heterocycles.